The van der Waals surface area contributed by atoms with Crippen molar-refractivity contribution in [3.05, 3.63) is 59.7 Å². The summed E-state index contributed by atoms with van der Waals surface area (Å²) in [5.74, 6) is 1.14. The number of carbonyl (C=O) groups excluding carboxylic acids is 1. The number of hydrogen-bond acceptors (Lipinski definition) is 5. The molecule has 1 amide bonds. The van der Waals surface area contributed by atoms with Gasteiger partial charge >= 0.3 is 0 Å². The molecule has 0 saturated heterocycles. The Kier molecular flexibility index (Phi) is 9.95. The van der Waals surface area contributed by atoms with Gasteiger partial charge in [-0.25, -0.2) is 4.99 Å². The molecule has 0 spiro atoms. The average Bonchev–Trinajstić information content (AvgIpc) is 2.68. The van der Waals surface area contributed by atoms with Crippen molar-refractivity contribution >= 4 is 42.2 Å². The lowest BCUT2D eigenvalue weighted by Crippen LogP contribution is -2.45. The SMILES string of the molecule is CCCC(NCc1ccc2c(c1)N=C(N)C(C)O2)NC(=O)c1ccccc1.Cl.Cl. The highest BCUT2D eigenvalue weighted by molar-refractivity contribution is 5.94. The van der Waals surface area contributed by atoms with E-state index in [-0.39, 0.29) is 43.0 Å². The molecular weight excluding hydrogens is 411 g/mol. The Hall–Kier alpha value is -2.28. The van der Waals surface area contributed by atoms with Gasteiger partial charge in [-0.15, -0.1) is 24.8 Å². The third-order valence-electron chi connectivity index (χ3n) is 4.46. The summed E-state index contributed by atoms with van der Waals surface area (Å²) in [5, 5.41) is 6.47. The maximum atomic E-state index is 12.4. The zero-order valence-electron chi connectivity index (χ0n) is 16.6. The summed E-state index contributed by atoms with van der Waals surface area (Å²) < 4.78 is 5.73. The summed E-state index contributed by atoms with van der Waals surface area (Å²) >= 11 is 0. The number of nitrogens with two attached hydrogens (primary N) is 1. The Balaban J connectivity index is 0.00000210. The molecule has 2 unspecified atom stereocenters. The van der Waals surface area contributed by atoms with Gasteiger partial charge in [-0.2, -0.15) is 0 Å². The maximum absolute atomic E-state index is 12.4. The Morgan fingerprint density at radius 1 is 1.21 bits per heavy atom. The van der Waals surface area contributed by atoms with E-state index in [9.17, 15) is 4.79 Å². The number of rotatable bonds is 7. The molecule has 0 saturated carbocycles. The average molecular weight is 439 g/mol. The number of halogens is 2. The molecule has 1 aliphatic rings. The van der Waals surface area contributed by atoms with Gasteiger partial charge in [-0.1, -0.05) is 37.6 Å². The van der Waals surface area contributed by atoms with E-state index in [1.807, 2.05) is 55.5 Å². The van der Waals surface area contributed by atoms with Gasteiger partial charge in [0.05, 0.1) is 6.17 Å². The minimum atomic E-state index is -0.205. The summed E-state index contributed by atoms with van der Waals surface area (Å²) in [4.78, 5) is 16.8. The fourth-order valence-corrected chi connectivity index (χ4v) is 2.93. The Bertz CT molecular complexity index is 831. The molecule has 4 N–H and O–H groups in total. The molecule has 3 rings (SSSR count). The number of carbonyl (C=O) groups is 1. The molecule has 0 aromatic heterocycles. The van der Waals surface area contributed by atoms with Crippen molar-refractivity contribution < 1.29 is 9.53 Å². The van der Waals surface area contributed by atoms with Crippen molar-refractivity contribution in [2.45, 2.75) is 45.5 Å². The second-order valence-corrected chi connectivity index (χ2v) is 6.66. The van der Waals surface area contributed by atoms with Crippen LogP contribution in [0.3, 0.4) is 0 Å². The highest BCUT2D eigenvalue weighted by Gasteiger charge is 2.18. The van der Waals surface area contributed by atoms with Crippen LogP contribution >= 0.6 is 24.8 Å². The number of fused-ring (bicyclic) bond motifs is 1. The number of nitrogens with zero attached hydrogens (tertiary/aromatic N) is 1. The summed E-state index contributed by atoms with van der Waals surface area (Å²) in [5.41, 5.74) is 8.33. The van der Waals surface area contributed by atoms with Crippen LogP contribution in [0.2, 0.25) is 0 Å². The number of amides is 1. The normalized spacial score (nSPS) is 15.5. The van der Waals surface area contributed by atoms with Gasteiger partial charge < -0.3 is 15.8 Å². The van der Waals surface area contributed by atoms with Crippen molar-refractivity contribution in [3.8, 4) is 5.75 Å². The molecule has 2 aromatic rings. The van der Waals surface area contributed by atoms with Crippen LogP contribution in [-0.4, -0.2) is 24.0 Å². The first-order valence-corrected chi connectivity index (χ1v) is 9.29. The third kappa shape index (κ3) is 6.63. The zero-order chi connectivity index (χ0) is 19.2. The monoisotopic (exact) mass is 438 g/mol. The lowest BCUT2D eigenvalue weighted by molar-refractivity contribution is 0.0926. The molecular formula is C21H28Cl2N4O2. The van der Waals surface area contributed by atoms with E-state index < -0.39 is 0 Å². The number of aliphatic imine (C=N–C) groups is 1. The summed E-state index contributed by atoms with van der Waals surface area (Å²) in [7, 11) is 0. The number of hydrogen-bond donors (Lipinski definition) is 3. The van der Waals surface area contributed by atoms with Crippen LogP contribution in [0.4, 0.5) is 5.69 Å². The molecule has 1 heterocycles. The quantitative estimate of drug-likeness (QED) is 0.570. The topological polar surface area (TPSA) is 88.7 Å². The van der Waals surface area contributed by atoms with Crippen LogP contribution in [-0.2, 0) is 6.54 Å². The van der Waals surface area contributed by atoms with E-state index in [0.717, 1.165) is 29.8 Å². The highest BCUT2D eigenvalue weighted by atomic mass is 35.5. The summed E-state index contributed by atoms with van der Waals surface area (Å²) in [6, 6.07) is 15.1. The van der Waals surface area contributed by atoms with E-state index in [4.69, 9.17) is 10.5 Å². The first-order valence-electron chi connectivity index (χ1n) is 9.29. The smallest absolute Gasteiger partial charge is 0.252 e. The van der Waals surface area contributed by atoms with Gasteiger partial charge in [0.2, 0.25) is 0 Å². The summed E-state index contributed by atoms with van der Waals surface area (Å²) in [6.07, 6.45) is 1.49. The number of benzene rings is 2. The van der Waals surface area contributed by atoms with Gasteiger partial charge in [0.25, 0.3) is 5.91 Å². The van der Waals surface area contributed by atoms with Crippen molar-refractivity contribution in [2.75, 3.05) is 0 Å². The van der Waals surface area contributed by atoms with E-state index in [1.165, 1.54) is 0 Å². The lowest BCUT2D eigenvalue weighted by Gasteiger charge is -2.22. The minimum absolute atomic E-state index is 0. The third-order valence-corrected chi connectivity index (χ3v) is 4.46. The van der Waals surface area contributed by atoms with Crippen molar-refractivity contribution in [3.63, 3.8) is 0 Å². The van der Waals surface area contributed by atoms with Crippen LogP contribution in [0.15, 0.2) is 53.5 Å². The molecule has 8 heteroatoms. The molecule has 0 bridgehead atoms. The Morgan fingerprint density at radius 3 is 2.62 bits per heavy atom. The van der Waals surface area contributed by atoms with Crippen LogP contribution in [0.5, 0.6) is 5.75 Å². The Morgan fingerprint density at radius 2 is 1.93 bits per heavy atom. The number of ether oxygens (including phenoxy) is 1. The molecule has 0 aliphatic carbocycles. The maximum Gasteiger partial charge on any atom is 0.252 e. The molecule has 0 radical (unpaired) electrons. The standard InChI is InChI=1S/C21H26N4O2.2ClH/c1-3-7-19(25-21(26)16-8-5-4-6-9-16)23-13-15-10-11-18-17(12-15)24-20(22)14(2)27-18;;/h4-6,8-12,14,19,23H,3,7,13H2,1-2H3,(H2,22,24)(H,25,26);2*1H. The molecule has 1 aliphatic heterocycles. The van der Waals surface area contributed by atoms with Crippen molar-refractivity contribution in [1.29, 1.82) is 0 Å². The molecule has 0 fully saturated rings. The van der Waals surface area contributed by atoms with Crippen LogP contribution < -0.4 is 21.1 Å². The van der Waals surface area contributed by atoms with Gasteiger partial charge in [0.15, 0.2) is 6.10 Å². The molecule has 6 nitrogen and oxygen atoms in total. The first-order chi connectivity index (χ1) is 13.1. The van der Waals surface area contributed by atoms with Gasteiger partial charge in [0, 0.05) is 12.1 Å². The van der Waals surface area contributed by atoms with Crippen molar-refractivity contribution in [2.24, 2.45) is 10.7 Å². The zero-order valence-corrected chi connectivity index (χ0v) is 18.2. The first kappa shape index (κ1) is 24.8. The van der Waals surface area contributed by atoms with Gasteiger partial charge in [-0.3, -0.25) is 10.1 Å². The second kappa shape index (κ2) is 11.7. The highest BCUT2D eigenvalue weighted by Crippen LogP contribution is 2.32. The van der Waals surface area contributed by atoms with Crippen LogP contribution in [0.25, 0.3) is 0 Å². The molecule has 29 heavy (non-hydrogen) atoms. The van der Waals surface area contributed by atoms with E-state index in [1.54, 1.807) is 0 Å². The largest absolute Gasteiger partial charge is 0.481 e. The molecule has 2 aromatic carbocycles. The fraction of sp³-hybridized carbons (Fsp3) is 0.333. The number of nitrogens with one attached hydrogen (secondary N) is 2. The Labute approximate surface area is 184 Å². The summed E-state index contributed by atoms with van der Waals surface area (Å²) in [6.45, 7) is 4.58. The van der Waals surface area contributed by atoms with Crippen LogP contribution in [0.1, 0.15) is 42.6 Å². The van der Waals surface area contributed by atoms with Crippen molar-refractivity contribution in [1.82, 2.24) is 10.6 Å². The van der Waals surface area contributed by atoms with Crippen LogP contribution in [0, 0.1) is 0 Å². The van der Waals surface area contributed by atoms with E-state index in [0.29, 0.717) is 17.9 Å². The van der Waals surface area contributed by atoms with E-state index >= 15 is 0 Å². The predicted octanol–water partition coefficient (Wildman–Crippen LogP) is 3.95. The van der Waals surface area contributed by atoms with E-state index in [2.05, 4.69) is 22.5 Å². The van der Waals surface area contributed by atoms with Gasteiger partial charge in [0.1, 0.15) is 17.3 Å². The molecule has 158 valence electrons. The predicted molar refractivity (Wildman–Crippen MR) is 122 cm³/mol. The molecule has 2 atom stereocenters. The minimum Gasteiger partial charge on any atom is -0.481 e. The van der Waals surface area contributed by atoms with Gasteiger partial charge in [-0.05, 0) is 43.2 Å². The second-order valence-electron chi connectivity index (χ2n) is 6.66. The number of amidine groups is 1. The fourth-order valence-electron chi connectivity index (χ4n) is 2.93. The lowest BCUT2D eigenvalue weighted by atomic mass is 10.1.